The summed E-state index contributed by atoms with van der Waals surface area (Å²) < 4.78 is 14.0. The molecule has 0 saturated carbocycles. The highest BCUT2D eigenvalue weighted by Crippen LogP contribution is 2.23. The molecule has 0 bridgehead atoms. The lowest BCUT2D eigenvalue weighted by atomic mass is 10.1. The Morgan fingerprint density at radius 3 is 2.83 bits per heavy atom. The Labute approximate surface area is 214 Å². The van der Waals surface area contributed by atoms with Gasteiger partial charge >= 0.3 is 5.97 Å². The van der Waals surface area contributed by atoms with Gasteiger partial charge in [-0.2, -0.15) is 22.0 Å². The number of aromatic nitrogens is 5. The summed E-state index contributed by atoms with van der Waals surface area (Å²) in [5.41, 5.74) is 8.08. The molecule has 3 aromatic rings. The monoisotopic (exact) mass is 512 g/mol. The minimum absolute atomic E-state index is 0.00380. The van der Waals surface area contributed by atoms with Crippen molar-refractivity contribution in [3.05, 3.63) is 53.7 Å². The smallest absolute Gasteiger partial charge is 0.358 e. The van der Waals surface area contributed by atoms with Gasteiger partial charge in [0.05, 0.1) is 25.0 Å². The van der Waals surface area contributed by atoms with E-state index in [1.165, 1.54) is 7.11 Å². The first kappa shape index (κ1) is 26.1. The number of nitrogens with two attached hydrogens (primary N) is 1. The van der Waals surface area contributed by atoms with Gasteiger partial charge in [0.2, 0.25) is 0 Å². The molecule has 10 nitrogen and oxygen atoms in total. The van der Waals surface area contributed by atoms with Crippen molar-refractivity contribution in [1.29, 1.82) is 0 Å². The van der Waals surface area contributed by atoms with Gasteiger partial charge in [0.1, 0.15) is 5.69 Å². The number of rotatable bonds is 12. The van der Waals surface area contributed by atoms with E-state index < -0.39 is 5.97 Å². The second-order valence-corrected chi connectivity index (χ2v) is 9.80. The van der Waals surface area contributed by atoms with E-state index >= 15 is 0 Å². The van der Waals surface area contributed by atoms with Gasteiger partial charge in [-0.3, -0.25) is 14.2 Å². The molecule has 0 aromatic carbocycles. The van der Waals surface area contributed by atoms with E-state index in [0.29, 0.717) is 36.7 Å². The maximum Gasteiger partial charge on any atom is 0.358 e. The highest BCUT2D eigenvalue weighted by Gasteiger charge is 2.24. The van der Waals surface area contributed by atoms with E-state index in [4.69, 9.17) is 15.2 Å². The van der Waals surface area contributed by atoms with Gasteiger partial charge in [0, 0.05) is 62.0 Å². The maximum atomic E-state index is 13.2. The first-order valence-corrected chi connectivity index (χ1v) is 13.3. The van der Waals surface area contributed by atoms with Crippen molar-refractivity contribution in [3.63, 3.8) is 0 Å². The number of Topliss-reactive ketones (excluding diaryl/α,β-unsaturated/α-hetero) is 1. The number of nitrogens with zero attached hydrogens (tertiary/aromatic N) is 5. The minimum atomic E-state index is -0.556. The zero-order chi connectivity index (χ0) is 25.3. The zero-order valence-corrected chi connectivity index (χ0v) is 21.3. The number of pyridine rings is 1. The number of ether oxygens (including phenoxy) is 2. The Kier molecular flexibility index (Phi) is 9.26. The van der Waals surface area contributed by atoms with Gasteiger partial charge < -0.3 is 15.2 Å². The summed E-state index contributed by atoms with van der Waals surface area (Å²) in [4.78, 5) is 30.1. The number of hydrogen-bond acceptors (Lipinski definition) is 9. The van der Waals surface area contributed by atoms with E-state index in [1.807, 2.05) is 34.8 Å². The molecule has 4 rings (SSSR count). The highest BCUT2D eigenvalue weighted by atomic mass is 32.2. The fourth-order valence-corrected chi connectivity index (χ4v) is 4.81. The fourth-order valence-electron chi connectivity index (χ4n) is 4.11. The molecular formula is C25H32N6O4S. The quantitative estimate of drug-likeness (QED) is 0.221. The van der Waals surface area contributed by atoms with Crippen molar-refractivity contribution in [2.24, 2.45) is 5.73 Å². The van der Waals surface area contributed by atoms with E-state index in [0.717, 1.165) is 42.9 Å². The van der Waals surface area contributed by atoms with Crippen molar-refractivity contribution in [2.45, 2.75) is 38.3 Å². The van der Waals surface area contributed by atoms with Crippen LogP contribution in [0, 0.1) is 0 Å². The topological polar surface area (TPSA) is 127 Å². The maximum absolute atomic E-state index is 13.2. The molecule has 2 N–H and O–H groups in total. The second-order valence-electron chi connectivity index (χ2n) is 8.57. The number of thioether (sulfide) groups is 1. The van der Waals surface area contributed by atoms with Crippen LogP contribution in [0.4, 0.5) is 0 Å². The molecule has 1 aliphatic rings. The predicted octanol–water partition coefficient (Wildman–Crippen LogP) is 2.79. The third-order valence-corrected chi connectivity index (χ3v) is 7.11. The van der Waals surface area contributed by atoms with Crippen molar-refractivity contribution < 1.29 is 19.1 Å². The predicted molar refractivity (Wildman–Crippen MR) is 137 cm³/mol. The summed E-state index contributed by atoms with van der Waals surface area (Å²) in [6.07, 6.45) is 8.10. The van der Waals surface area contributed by atoms with Crippen LogP contribution in [0.25, 0.3) is 11.3 Å². The molecule has 0 spiro atoms. The number of aryl methyl sites for hydroxylation is 1. The van der Waals surface area contributed by atoms with E-state index in [1.54, 1.807) is 23.1 Å². The molecule has 1 aliphatic heterocycles. The van der Waals surface area contributed by atoms with Gasteiger partial charge in [0.15, 0.2) is 11.5 Å². The third-order valence-electron chi connectivity index (χ3n) is 6.00. The molecule has 0 atom stereocenters. The average Bonchev–Trinajstić information content (AvgIpc) is 3.56. The van der Waals surface area contributed by atoms with Crippen molar-refractivity contribution in [1.82, 2.24) is 24.5 Å². The van der Waals surface area contributed by atoms with Crippen molar-refractivity contribution >= 4 is 23.5 Å². The Morgan fingerprint density at radius 2 is 2.06 bits per heavy atom. The molecule has 1 saturated heterocycles. The fraction of sp³-hybridized carbons (Fsp3) is 0.480. The molecule has 0 amide bonds. The summed E-state index contributed by atoms with van der Waals surface area (Å²) >= 11 is 1.84. The summed E-state index contributed by atoms with van der Waals surface area (Å²) in [7, 11) is 1.31. The molecule has 192 valence electrons. The molecule has 36 heavy (non-hydrogen) atoms. The molecular weight excluding hydrogens is 480 g/mol. The standard InChI is InChI=1S/C25H32N6O4S/c1-34-25(33)24-18(17-31(29-24)20-6-10-35-11-7-20)14-23(32)22-5-2-4-21(28-22)19-15-27-30(16-19)9-3-12-36-13-8-26/h2,4-5,15-17,20H,3,6-14,26H2,1H3. The number of ketones is 1. The molecule has 0 unspecified atom stereocenters. The molecule has 0 radical (unpaired) electrons. The number of methoxy groups -OCH3 is 1. The highest BCUT2D eigenvalue weighted by molar-refractivity contribution is 7.99. The minimum Gasteiger partial charge on any atom is -0.464 e. The van der Waals surface area contributed by atoms with Crippen LogP contribution in [0.15, 0.2) is 36.8 Å². The Morgan fingerprint density at radius 1 is 1.22 bits per heavy atom. The lowest BCUT2D eigenvalue weighted by molar-refractivity contribution is 0.0582. The first-order chi connectivity index (χ1) is 17.6. The van der Waals surface area contributed by atoms with Crippen LogP contribution >= 0.6 is 11.8 Å². The van der Waals surface area contributed by atoms with Crippen LogP contribution < -0.4 is 5.73 Å². The van der Waals surface area contributed by atoms with Gasteiger partial charge in [-0.1, -0.05) is 6.07 Å². The summed E-state index contributed by atoms with van der Waals surface area (Å²) in [5.74, 6) is 1.25. The normalized spacial score (nSPS) is 14.2. The first-order valence-electron chi connectivity index (χ1n) is 12.1. The van der Waals surface area contributed by atoms with Crippen LogP contribution in [0.2, 0.25) is 0 Å². The Balaban J connectivity index is 1.46. The lowest BCUT2D eigenvalue weighted by Gasteiger charge is -2.22. The number of esters is 1. The molecule has 1 fully saturated rings. The lowest BCUT2D eigenvalue weighted by Crippen LogP contribution is -2.20. The van der Waals surface area contributed by atoms with Crippen molar-refractivity contribution in [2.75, 3.05) is 38.4 Å². The molecule has 4 heterocycles. The van der Waals surface area contributed by atoms with Crippen LogP contribution in [-0.4, -0.2) is 74.7 Å². The largest absolute Gasteiger partial charge is 0.464 e. The van der Waals surface area contributed by atoms with Gasteiger partial charge in [-0.25, -0.2) is 9.78 Å². The van der Waals surface area contributed by atoms with E-state index in [-0.39, 0.29) is 23.9 Å². The van der Waals surface area contributed by atoms with Crippen LogP contribution in [0.3, 0.4) is 0 Å². The van der Waals surface area contributed by atoms with E-state index in [9.17, 15) is 9.59 Å². The summed E-state index contributed by atoms with van der Waals surface area (Å²) in [6, 6.07) is 5.48. The zero-order valence-electron chi connectivity index (χ0n) is 20.5. The number of carbonyl (C=O) groups excluding carboxylic acids is 2. The average molecular weight is 513 g/mol. The summed E-state index contributed by atoms with van der Waals surface area (Å²) in [6.45, 7) is 2.79. The van der Waals surface area contributed by atoms with E-state index in [2.05, 4.69) is 15.2 Å². The molecule has 3 aromatic heterocycles. The van der Waals surface area contributed by atoms with Gasteiger partial charge in [-0.05, 0) is 37.1 Å². The molecule has 11 heteroatoms. The molecule has 0 aliphatic carbocycles. The number of hydrogen-bond donors (Lipinski definition) is 1. The summed E-state index contributed by atoms with van der Waals surface area (Å²) in [5, 5.41) is 8.88. The Hall–Kier alpha value is -3.02. The van der Waals surface area contributed by atoms with Crippen LogP contribution in [0.5, 0.6) is 0 Å². The van der Waals surface area contributed by atoms with Crippen LogP contribution in [0.1, 0.15) is 51.8 Å². The third kappa shape index (κ3) is 6.59. The second kappa shape index (κ2) is 12.8. The Bertz CT molecular complexity index is 1170. The SMILES string of the molecule is COC(=O)c1nn(C2CCOCC2)cc1CC(=O)c1cccc(-c2cnn(CCCSCCN)c2)n1. The van der Waals surface area contributed by atoms with Gasteiger partial charge in [-0.15, -0.1) is 0 Å². The van der Waals surface area contributed by atoms with Crippen molar-refractivity contribution in [3.8, 4) is 11.3 Å². The van der Waals surface area contributed by atoms with Gasteiger partial charge in [0.25, 0.3) is 0 Å². The number of carbonyl (C=O) groups is 2. The van der Waals surface area contributed by atoms with Crippen LogP contribution in [-0.2, 0) is 22.4 Å².